The fourth-order valence-electron chi connectivity index (χ4n) is 5.62. The van der Waals surface area contributed by atoms with Crippen LogP contribution in [0.1, 0.15) is 28.8 Å². The minimum absolute atomic E-state index is 0.120. The van der Waals surface area contributed by atoms with Crippen molar-refractivity contribution in [3.05, 3.63) is 88.1 Å². The molecule has 0 aliphatic carbocycles. The van der Waals surface area contributed by atoms with Gasteiger partial charge in [-0.1, -0.05) is 36.4 Å². The highest BCUT2D eigenvalue weighted by Crippen LogP contribution is 2.29. The van der Waals surface area contributed by atoms with Crippen molar-refractivity contribution in [1.82, 2.24) is 24.2 Å². The summed E-state index contributed by atoms with van der Waals surface area (Å²) in [5.41, 5.74) is 4.88. The summed E-state index contributed by atoms with van der Waals surface area (Å²) in [6.45, 7) is 3.34. The van der Waals surface area contributed by atoms with Gasteiger partial charge in [0.15, 0.2) is 5.65 Å². The number of allylic oxidation sites excluding steroid dienone is 1. The maximum absolute atomic E-state index is 13.9. The van der Waals surface area contributed by atoms with Gasteiger partial charge in [-0.05, 0) is 61.8 Å². The van der Waals surface area contributed by atoms with Crippen molar-refractivity contribution in [2.45, 2.75) is 12.8 Å². The van der Waals surface area contributed by atoms with Crippen molar-refractivity contribution < 1.29 is 4.79 Å². The molecule has 0 spiro atoms. The monoisotopic (exact) mass is 516 g/mol. The summed E-state index contributed by atoms with van der Waals surface area (Å²) in [7, 11) is 1.87. The highest BCUT2D eigenvalue weighted by molar-refractivity contribution is 6.06. The molecule has 1 N–H and O–H groups in total. The maximum Gasteiger partial charge on any atom is 0.259 e. The number of hydrogen-bond donors (Lipinski definition) is 1. The Hall–Kier alpha value is -4.74. The van der Waals surface area contributed by atoms with Crippen molar-refractivity contribution in [3.63, 3.8) is 0 Å². The zero-order valence-electron chi connectivity index (χ0n) is 21.7. The molecule has 0 saturated carbocycles. The lowest BCUT2D eigenvalue weighted by Gasteiger charge is -2.15. The van der Waals surface area contributed by atoms with E-state index in [0.29, 0.717) is 28.9 Å². The van der Waals surface area contributed by atoms with Crippen molar-refractivity contribution in [2.24, 2.45) is 7.05 Å². The van der Waals surface area contributed by atoms with Crippen LogP contribution in [0.4, 0.5) is 0 Å². The van der Waals surface area contributed by atoms with Crippen LogP contribution in [-0.4, -0.2) is 50.9 Å². The minimum atomic E-state index is -0.374. The average molecular weight is 517 g/mol. The number of imidazole rings is 1. The second-order valence-corrected chi connectivity index (χ2v) is 9.83. The summed E-state index contributed by atoms with van der Waals surface area (Å²) < 4.78 is 3.81. The topological polar surface area (TPSA) is 95.4 Å². The third-order valence-electron chi connectivity index (χ3n) is 7.51. The smallest absolute Gasteiger partial charge is 0.259 e. The number of carbonyl (C=O) groups is 1. The number of aryl methyl sites for hydroxylation is 1. The molecule has 39 heavy (non-hydrogen) atoms. The summed E-state index contributed by atoms with van der Waals surface area (Å²) in [6, 6.07) is 21.1. The first kappa shape index (κ1) is 24.6. The number of aromatic nitrogens is 3. The molecule has 0 atom stereocenters. The van der Waals surface area contributed by atoms with E-state index in [9.17, 15) is 9.59 Å². The van der Waals surface area contributed by atoms with E-state index in [1.165, 1.54) is 18.9 Å². The first-order chi connectivity index (χ1) is 19.1. The highest BCUT2D eigenvalue weighted by atomic mass is 16.2. The predicted molar refractivity (Wildman–Crippen MR) is 154 cm³/mol. The molecule has 6 rings (SSSR count). The molecule has 1 fully saturated rings. The molecule has 5 aromatic rings. The van der Waals surface area contributed by atoms with E-state index in [0.717, 1.165) is 41.8 Å². The van der Waals surface area contributed by atoms with Crippen molar-refractivity contribution in [2.75, 3.05) is 26.2 Å². The van der Waals surface area contributed by atoms with Crippen LogP contribution in [0, 0.1) is 11.3 Å². The highest BCUT2D eigenvalue weighted by Gasteiger charge is 2.24. The minimum Gasteiger partial charge on any atom is -0.351 e. The number of nitrogens with one attached hydrogen (secondary N) is 1. The number of nitrogens with zero attached hydrogens (tertiary/aromatic N) is 5. The molecule has 4 heterocycles. The van der Waals surface area contributed by atoms with Gasteiger partial charge in [-0.25, -0.2) is 4.98 Å². The first-order valence-corrected chi connectivity index (χ1v) is 13.2. The molecule has 0 bridgehead atoms. The molecule has 2 aromatic carbocycles. The number of benzene rings is 2. The molecule has 1 amide bonds. The summed E-state index contributed by atoms with van der Waals surface area (Å²) in [4.78, 5) is 34.8. The molecular weight excluding hydrogens is 488 g/mol. The van der Waals surface area contributed by atoms with Crippen LogP contribution in [0.2, 0.25) is 0 Å². The first-order valence-electron chi connectivity index (χ1n) is 13.2. The molecule has 8 heteroatoms. The predicted octanol–water partition coefficient (Wildman–Crippen LogP) is 4.37. The van der Waals surface area contributed by atoms with E-state index in [4.69, 9.17) is 10.2 Å². The lowest BCUT2D eigenvalue weighted by atomic mass is 10.0. The number of carbonyl (C=O) groups excluding carboxylic acids is 1. The molecule has 3 aromatic heterocycles. The van der Waals surface area contributed by atoms with Gasteiger partial charge < -0.3 is 14.8 Å². The number of amides is 1. The Morgan fingerprint density at radius 1 is 1.05 bits per heavy atom. The number of likely N-dealkylation sites (tertiary alicyclic amines) is 1. The molecule has 0 radical (unpaired) electrons. The molecule has 194 valence electrons. The van der Waals surface area contributed by atoms with Crippen LogP contribution in [0.25, 0.3) is 45.0 Å². The summed E-state index contributed by atoms with van der Waals surface area (Å²) in [5.74, 6) is -0.374. The van der Waals surface area contributed by atoms with Crippen LogP contribution < -0.4 is 10.7 Å². The summed E-state index contributed by atoms with van der Waals surface area (Å²) in [5, 5.41) is 12.4. The van der Waals surface area contributed by atoms with Gasteiger partial charge in [0.1, 0.15) is 11.2 Å². The summed E-state index contributed by atoms with van der Waals surface area (Å²) >= 11 is 0. The van der Waals surface area contributed by atoms with Crippen molar-refractivity contribution in [3.8, 4) is 17.3 Å². The normalized spacial score (nSPS) is 14.1. The number of pyridine rings is 2. The van der Waals surface area contributed by atoms with Gasteiger partial charge in [0.05, 0.1) is 28.2 Å². The SMILES string of the molecule is Cn1c2ccccc2n2c3nc(-c4ccccc4/C=C/C#N)ccc3c(=O)c(C(=O)NCCN3CCCC3)c12. The van der Waals surface area contributed by atoms with Crippen LogP contribution in [0.15, 0.2) is 71.5 Å². The zero-order chi connectivity index (χ0) is 26.9. The largest absolute Gasteiger partial charge is 0.351 e. The van der Waals surface area contributed by atoms with Crippen LogP contribution >= 0.6 is 0 Å². The van der Waals surface area contributed by atoms with Crippen LogP contribution in [-0.2, 0) is 7.05 Å². The maximum atomic E-state index is 13.9. The molecule has 0 unspecified atom stereocenters. The quantitative estimate of drug-likeness (QED) is 0.338. The van der Waals surface area contributed by atoms with Gasteiger partial charge in [-0.3, -0.25) is 14.0 Å². The van der Waals surface area contributed by atoms with E-state index in [1.54, 1.807) is 18.2 Å². The van der Waals surface area contributed by atoms with Gasteiger partial charge >= 0.3 is 0 Å². The van der Waals surface area contributed by atoms with Gasteiger partial charge in [-0.15, -0.1) is 0 Å². The Morgan fingerprint density at radius 3 is 2.59 bits per heavy atom. The molecule has 1 aliphatic heterocycles. The number of rotatable bonds is 6. The van der Waals surface area contributed by atoms with E-state index >= 15 is 0 Å². The molecular formula is C31H28N6O2. The van der Waals surface area contributed by atoms with Gasteiger partial charge in [0.2, 0.25) is 5.43 Å². The average Bonchev–Trinajstić information content (AvgIpc) is 3.58. The Labute approximate surface area is 225 Å². The van der Waals surface area contributed by atoms with Crippen LogP contribution in [0.5, 0.6) is 0 Å². The van der Waals surface area contributed by atoms with E-state index in [2.05, 4.69) is 10.2 Å². The zero-order valence-corrected chi connectivity index (χ0v) is 21.7. The van der Waals surface area contributed by atoms with Crippen molar-refractivity contribution >= 4 is 39.7 Å². The van der Waals surface area contributed by atoms with E-state index in [-0.39, 0.29) is 16.9 Å². The lowest BCUT2D eigenvalue weighted by molar-refractivity contribution is 0.0950. The molecule has 1 aliphatic rings. The third kappa shape index (κ3) is 4.27. The fourth-order valence-corrected chi connectivity index (χ4v) is 5.62. The number of nitriles is 1. The Bertz CT molecular complexity index is 1870. The van der Waals surface area contributed by atoms with Gasteiger partial charge in [0.25, 0.3) is 5.91 Å². The second kappa shape index (κ2) is 10.2. The third-order valence-corrected chi connectivity index (χ3v) is 7.51. The van der Waals surface area contributed by atoms with Crippen molar-refractivity contribution in [1.29, 1.82) is 5.26 Å². The molecule has 1 saturated heterocycles. The number of fused-ring (bicyclic) bond motifs is 5. The second-order valence-electron chi connectivity index (χ2n) is 9.83. The lowest BCUT2D eigenvalue weighted by Crippen LogP contribution is -2.36. The van der Waals surface area contributed by atoms with Crippen LogP contribution in [0.3, 0.4) is 0 Å². The van der Waals surface area contributed by atoms with Gasteiger partial charge in [-0.2, -0.15) is 5.26 Å². The summed E-state index contributed by atoms with van der Waals surface area (Å²) in [6.07, 6.45) is 5.55. The fraction of sp³-hybridized carbons (Fsp3) is 0.226. The molecule has 8 nitrogen and oxygen atoms in total. The van der Waals surface area contributed by atoms with E-state index < -0.39 is 0 Å². The number of para-hydroxylation sites is 2. The standard InChI is InChI=1S/C31H28N6O2/c1-35-25-12-4-5-13-26(25)37-29-23(14-15-24(34-29)22-11-3-2-9-21(22)10-8-16-32)28(38)27(31(35)37)30(39)33-17-20-36-18-6-7-19-36/h2-5,8-15H,6-7,17-20H2,1H3,(H,33,39)/b10-8+. The van der Waals surface area contributed by atoms with Gasteiger partial charge in [0, 0.05) is 31.8 Å². The Kier molecular flexibility index (Phi) is 6.43. The van der Waals surface area contributed by atoms with E-state index in [1.807, 2.05) is 70.6 Å². The Morgan fingerprint density at radius 2 is 1.79 bits per heavy atom. The number of hydrogen-bond acceptors (Lipinski definition) is 5. The Balaban J connectivity index is 1.55.